The molecule has 0 radical (unpaired) electrons. The average Bonchev–Trinajstić information content (AvgIpc) is 3.35. The van der Waals surface area contributed by atoms with E-state index >= 15 is 0 Å². The molecule has 1 aromatic heterocycles. The number of ketones is 1. The minimum atomic E-state index is -0.786. The fourth-order valence-electron chi connectivity index (χ4n) is 3.51. The molecule has 8 heteroatoms. The summed E-state index contributed by atoms with van der Waals surface area (Å²) in [7, 11) is 1.56. The van der Waals surface area contributed by atoms with E-state index in [1.807, 2.05) is 31.2 Å². The van der Waals surface area contributed by atoms with Gasteiger partial charge in [-0.25, -0.2) is 4.98 Å². The molecule has 6 nitrogen and oxygen atoms in total. The molecule has 2 heterocycles. The Hall–Kier alpha value is -2.97. The zero-order valence-electron chi connectivity index (χ0n) is 16.1. The molecule has 1 atom stereocenters. The van der Waals surface area contributed by atoms with Gasteiger partial charge in [0.15, 0.2) is 5.13 Å². The van der Waals surface area contributed by atoms with E-state index in [9.17, 15) is 14.7 Å². The van der Waals surface area contributed by atoms with Gasteiger partial charge in [-0.15, -0.1) is 11.3 Å². The molecular formula is C22H17BrN2O4S. The Labute approximate surface area is 185 Å². The number of halogens is 1. The number of ether oxygens (including phenoxy) is 1. The monoisotopic (exact) mass is 484 g/mol. The normalized spacial score (nSPS) is 18.1. The lowest BCUT2D eigenvalue weighted by Gasteiger charge is -2.23. The number of carbonyl (C=O) groups excluding carboxylic acids is 2. The molecule has 1 N–H and O–H groups in total. The van der Waals surface area contributed by atoms with Gasteiger partial charge < -0.3 is 9.84 Å². The van der Waals surface area contributed by atoms with Gasteiger partial charge in [0.2, 0.25) is 0 Å². The van der Waals surface area contributed by atoms with Crippen LogP contribution in [0.15, 0.2) is 64.1 Å². The van der Waals surface area contributed by atoms with Crippen molar-refractivity contribution in [1.82, 2.24) is 4.98 Å². The van der Waals surface area contributed by atoms with Crippen LogP contribution in [0.4, 0.5) is 5.13 Å². The first-order valence-corrected chi connectivity index (χ1v) is 10.7. The summed E-state index contributed by atoms with van der Waals surface area (Å²) in [4.78, 5) is 31.5. The first-order chi connectivity index (χ1) is 14.4. The van der Waals surface area contributed by atoms with Crippen LogP contribution >= 0.6 is 27.3 Å². The molecule has 4 rings (SSSR count). The van der Waals surface area contributed by atoms with Crippen molar-refractivity contribution < 1.29 is 19.4 Å². The lowest BCUT2D eigenvalue weighted by atomic mass is 9.95. The molecule has 152 valence electrons. The summed E-state index contributed by atoms with van der Waals surface area (Å²) in [5, 5.41) is 13.2. The minimum absolute atomic E-state index is 0.0297. The van der Waals surface area contributed by atoms with Gasteiger partial charge in [0, 0.05) is 21.6 Å². The lowest BCUT2D eigenvalue weighted by Crippen LogP contribution is -2.29. The predicted octanol–water partition coefficient (Wildman–Crippen LogP) is 4.85. The Morgan fingerprint density at radius 1 is 1.20 bits per heavy atom. The summed E-state index contributed by atoms with van der Waals surface area (Å²) in [6, 6.07) is 11.6. The van der Waals surface area contributed by atoms with E-state index in [4.69, 9.17) is 4.74 Å². The second kappa shape index (κ2) is 8.04. The van der Waals surface area contributed by atoms with Crippen molar-refractivity contribution in [1.29, 1.82) is 0 Å². The van der Waals surface area contributed by atoms with E-state index in [1.165, 1.54) is 16.2 Å². The molecule has 1 amide bonds. The first kappa shape index (κ1) is 20.3. The number of rotatable bonds is 4. The second-order valence-electron chi connectivity index (χ2n) is 6.72. The second-order valence-corrected chi connectivity index (χ2v) is 8.51. The summed E-state index contributed by atoms with van der Waals surface area (Å²) >= 11 is 4.66. The molecule has 0 spiro atoms. The quantitative estimate of drug-likeness (QED) is 0.325. The summed E-state index contributed by atoms with van der Waals surface area (Å²) in [6.07, 6.45) is 1.57. The summed E-state index contributed by atoms with van der Waals surface area (Å²) in [5.41, 5.74) is 1.96. The SMILES string of the molecule is COc1ccc(/C(O)=C2\C(=O)C(=O)N(c3nccs3)[C@@H]2c2ccc(Br)cc2)cc1C. The van der Waals surface area contributed by atoms with Crippen molar-refractivity contribution in [2.75, 3.05) is 12.0 Å². The van der Waals surface area contributed by atoms with E-state index in [-0.39, 0.29) is 11.3 Å². The largest absolute Gasteiger partial charge is 0.507 e. The number of hydrogen-bond acceptors (Lipinski definition) is 6. The number of aryl methyl sites for hydroxylation is 1. The number of nitrogens with zero attached hydrogens (tertiary/aromatic N) is 2. The van der Waals surface area contributed by atoms with Gasteiger partial charge in [0.1, 0.15) is 11.5 Å². The highest BCUT2D eigenvalue weighted by molar-refractivity contribution is 9.10. The Bertz CT molecular complexity index is 1160. The number of methoxy groups -OCH3 is 1. The molecule has 30 heavy (non-hydrogen) atoms. The molecule has 0 saturated carbocycles. The van der Waals surface area contributed by atoms with Crippen molar-refractivity contribution >= 4 is 49.8 Å². The number of amides is 1. The Morgan fingerprint density at radius 3 is 2.53 bits per heavy atom. The van der Waals surface area contributed by atoms with Gasteiger partial charge in [-0.2, -0.15) is 0 Å². The van der Waals surface area contributed by atoms with E-state index < -0.39 is 17.7 Å². The van der Waals surface area contributed by atoms with Gasteiger partial charge in [-0.3, -0.25) is 14.5 Å². The number of aliphatic hydroxyl groups is 1. The van der Waals surface area contributed by atoms with Gasteiger partial charge in [0.05, 0.1) is 18.7 Å². The topological polar surface area (TPSA) is 79.7 Å². The van der Waals surface area contributed by atoms with E-state index in [0.717, 1.165) is 10.0 Å². The molecule has 0 unspecified atom stereocenters. The zero-order chi connectivity index (χ0) is 21.4. The molecule has 1 saturated heterocycles. The Kier molecular flexibility index (Phi) is 5.44. The summed E-state index contributed by atoms with van der Waals surface area (Å²) < 4.78 is 6.14. The van der Waals surface area contributed by atoms with Crippen molar-refractivity contribution in [3.63, 3.8) is 0 Å². The van der Waals surface area contributed by atoms with Crippen molar-refractivity contribution in [3.8, 4) is 5.75 Å². The third-order valence-electron chi connectivity index (χ3n) is 4.92. The van der Waals surface area contributed by atoms with Crippen LogP contribution in [-0.4, -0.2) is 28.9 Å². The number of anilines is 1. The van der Waals surface area contributed by atoms with Crippen LogP contribution in [0.1, 0.15) is 22.7 Å². The molecular weight excluding hydrogens is 468 g/mol. The summed E-state index contributed by atoms with van der Waals surface area (Å²) in [5.74, 6) is -1.03. The van der Waals surface area contributed by atoms with Crippen LogP contribution < -0.4 is 9.64 Å². The average molecular weight is 485 g/mol. The highest BCUT2D eigenvalue weighted by Crippen LogP contribution is 2.43. The maximum absolute atomic E-state index is 13.0. The Morgan fingerprint density at radius 2 is 1.93 bits per heavy atom. The maximum atomic E-state index is 13.0. The highest BCUT2D eigenvalue weighted by atomic mass is 79.9. The first-order valence-electron chi connectivity index (χ1n) is 9.03. The molecule has 1 aliphatic rings. The van der Waals surface area contributed by atoms with Crippen LogP contribution in [0.3, 0.4) is 0 Å². The van der Waals surface area contributed by atoms with Crippen LogP contribution in [-0.2, 0) is 9.59 Å². The zero-order valence-corrected chi connectivity index (χ0v) is 18.5. The minimum Gasteiger partial charge on any atom is -0.507 e. The molecule has 1 aliphatic heterocycles. The van der Waals surface area contributed by atoms with Crippen LogP contribution in [0, 0.1) is 6.92 Å². The molecule has 2 aromatic carbocycles. The summed E-state index contributed by atoms with van der Waals surface area (Å²) in [6.45, 7) is 1.84. The number of carbonyl (C=O) groups is 2. The van der Waals surface area contributed by atoms with E-state index in [2.05, 4.69) is 20.9 Å². The Balaban J connectivity index is 1.92. The third kappa shape index (κ3) is 3.42. The molecule has 0 aliphatic carbocycles. The predicted molar refractivity (Wildman–Crippen MR) is 119 cm³/mol. The number of Topliss-reactive ketones (excluding diaryl/α,β-unsaturated/α-hetero) is 1. The molecule has 3 aromatic rings. The standard InChI is InChI=1S/C22H17BrN2O4S/c1-12-11-14(5-8-16(12)29-2)19(26)17-18(13-3-6-15(23)7-4-13)25(21(28)20(17)27)22-24-9-10-30-22/h3-11,18,26H,1-2H3/b19-17+/t18-/m1/s1. The van der Waals surface area contributed by atoms with E-state index in [1.54, 1.807) is 36.9 Å². The maximum Gasteiger partial charge on any atom is 0.301 e. The number of benzene rings is 2. The smallest absolute Gasteiger partial charge is 0.301 e. The van der Waals surface area contributed by atoms with Gasteiger partial charge >= 0.3 is 5.91 Å². The molecule has 0 bridgehead atoms. The van der Waals surface area contributed by atoms with Crippen molar-refractivity contribution in [2.24, 2.45) is 0 Å². The fourth-order valence-corrected chi connectivity index (χ4v) is 4.44. The number of hydrogen-bond donors (Lipinski definition) is 1. The van der Waals surface area contributed by atoms with Crippen molar-refractivity contribution in [2.45, 2.75) is 13.0 Å². The van der Waals surface area contributed by atoms with Crippen molar-refractivity contribution in [3.05, 3.63) is 80.8 Å². The van der Waals surface area contributed by atoms with Gasteiger partial charge in [-0.1, -0.05) is 28.1 Å². The molecule has 1 fully saturated rings. The number of thiazole rings is 1. The lowest BCUT2D eigenvalue weighted by molar-refractivity contribution is -0.132. The highest BCUT2D eigenvalue weighted by Gasteiger charge is 2.47. The fraction of sp³-hybridized carbons (Fsp3) is 0.136. The van der Waals surface area contributed by atoms with Crippen LogP contribution in [0.25, 0.3) is 5.76 Å². The van der Waals surface area contributed by atoms with Crippen LogP contribution in [0.2, 0.25) is 0 Å². The number of aliphatic hydroxyl groups excluding tert-OH is 1. The van der Waals surface area contributed by atoms with E-state index in [0.29, 0.717) is 22.0 Å². The van der Waals surface area contributed by atoms with Crippen LogP contribution in [0.5, 0.6) is 5.75 Å². The van der Waals surface area contributed by atoms with Gasteiger partial charge in [-0.05, 0) is 48.4 Å². The van der Waals surface area contributed by atoms with Gasteiger partial charge in [0.25, 0.3) is 5.78 Å². The third-order valence-corrected chi connectivity index (χ3v) is 6.22. The number of aromatic nitrogens is 1.